The van der Waals surface area contributed by atoms with E-state index < -0.39 is 0 Å². The van der Waals surface area contributed by atoms with E-state index in [1.165, 1.54) is 19.5 Å². The third-order valence-corrected chi connectivity index (χ3v) is 3.84. The summed E-state index contributed by atoms with van der Waals surface area (Å²) in [7, 11) is 0. The van der Waals surface area contributed by atoms with Crippen molar-refractivity contribution in [2.45, 2.75) is 24.9 Å². The van der Waals surface area contributed by atoms with Gasteiger partial charge in [-0.15, -0.1) is 0 Å². The Balaban J connectivity index is 1.63. The minimum atomic E-state index is 0.256. The van der Waals surface area contributed by atoms with Gasteiger partial charge in [0.05, 0.1) is 6.61 Å². The molecule has 1 unspecified atom stereocenters. The highest BCUT2D eigenvalue weighted by Gasteiger charge is 2.47. The molecule has 1 saturated carbocycles. The maximum absolute atomic E-state index is 6.05. The largest absolute Gasteiger partial charge is 0.380 e. The second-order valence-corrected chi connectivity index (χ2v) is 4.80. The average molecular weight is 182 g/mol. The fourth-order valence-electron chi connectivity index (χ4n) is 2.91. The zero-order valence-corrected chi connectivity index (χ0v) is 7.98. The van der Waals surface area contributed by atoms with Crippen molar-refractivity contribution in [2.24, 2.45) is 17.6 Å². The Bertz CT molecular complexity index is 199. The van der Waals surface area contributed by atoms with Crippen LogP contribution in [0, 0.1) is 11.8 Å². The van der Waals surface area contributed by atoms with Crippen LogP contribution in [0.5, 0.6) is 0 Å². The highest BCUT2D eigenvalue weighted by Crippen LogP contribution is 2.46. The van der Waals surface area contributed by atoms with Crippen LogP contribution >= 0.6 is 0 Å². The standard InChI is InChI=1S/C10H18N2O/c11-9-6-13-2-1-10(9)12-4-7-3-8(7)5-12/h7-10H,1-6,11H2/t7-,8+,9-,10?/m1/s1. The normalized spacial score (nSPS) is 50.5. The lowest BCUT2D eigenvalue weighted by atomic mass is 10.0. The molecule has 13 heavy (non-hydrogen) atoms. The fraction of sp³-hybridized carbons (Fsp3) is 1.00. The number of ether oxygens (including phenoxy) is 1. The molecule has 2 N–H and O–H groups in total. The molecular formula is C10H18N2O. The Kier molecular flexibility index (Phi) is 1.86. The van der Waals surface area contributed by atoms with Crippen LogP contribution in [0.4, 0.5) is 0 Å². The fourth-order valence-corrected chi connectivity index (χ4v) is 2.91. The first-order valence-corrected chi connectivity index (χ1v) is 5.42. The van der Waals surface area contributed by atoms with Crippen LogP contribution in [0.1, 0.15) is 12.8 Å². The number of fused-ring (bicyclic) bond motifs is 1. The van der Waals surface area contributed by atoms with Crippen LogP contribution < -0.4 is 5.73 Å². The highest BCUT2D eigenvalue weighted by atomic mass is 16.5. The molecule has 3 heteroatoms. The summed E-state index contributed by atoms with van der Waals surface area (Å²) >= 11 is 0. The summed E-state index contributed by atoms with van der Waals surface area (Å²) in [6, 6.07) is 0.868. The van der Waals surface area contributed by atoms with Crippen molar-refractivity contribution >= 4 is 0 Å². The second kappa shape index (κ2) is 2.94. The lowest BCUT2D eigenvalue weighted by Gasteiger charge is -2.36. The van der Waals surface area contributed by atoms with Gasteiger partial charge < -0.3 is 10.5 Å². The summed E-state index contributed by atoms with van der Waals surface area (Å²) in [5, 5.41) is 0. The third kappa shape index (κ3) is 1.39. The van der Waals surface area contributed by atoms with E-state index >= 15 is 0 Å². The molecule has 3 rings (SSSR count). The lowest BCUT2D eigenvalue weighted by Crippen LogP contribution is -2.52. The maximum Gasteiger partial charge on any atom is 0.0632 e. The van der Waals surface area contributed by atoms with Crippen LogP contribution in [0.2, 0.25) is 0 Å². The Morgan fingerprint density at radius 2 is 2.00 bits per heavy atom. The van der Waals surface area contributed by atoms with E-state index in [4.69, 9.17) is 10.5 Å². The van der Waals surface area contributed by atoms with Crippen molar-refractivity contribution in [2.75, 3.05) is 26.3 Å². The summed E-state index contributed by atoms with van der Waals surface area (Å²) in [6.45, 7) is 4.28. The molecule has 0 bridgehead atoms. The molecular weight excluding hydrogens is 164 g/mol. The van der Waals surface area contributed by atoms with Crippen molar-refractivity contribution in [3.63, 3.8) is 0 Å². The van der Waals surface area contributed by atoms with Crippen LogP contribution in [0.25, 0.3) is 0 Å². The Labute approximate surface area is 79.2 Å². The smallest absolute Gasteiger partial charge is 0.0632 e. The van der Waals surface area contributed by atoms with E-state index in [1.54, 1.807) is 0 Å². The molecule has 3 fully saturated rings. The van der Waals surface area contributed by atoms with Gasteiger partial charge >= 0.3 is 0 Å². The van der Waals surface area contributed by atoms with Gasteiger partial charge in [0.25, 0.3) is 0 Å². The topological polar surface area (TPSA) is 38.5 Å². The minimum absolute atomic E-state index is 0.256. The first-order chi connectivity index (χ1) is 6.34. The van der Waals surface area contributed by atoms with Crippen LogP contribution in [-0.2, 0) is 4.74 Å². The number of likely N-dealkylation sites (tertiary alicyclic amines) is 1. The lowest BCUT2D eigenvalue weighted by molar-refractivity contribution is 0.0220. The van der Waals surface area contributed by atoms with Gasteiger partial charge in [0, 0.05) is 31.8 Å². The molecule has 0 aromatic carbocycles. The molecule has 0 spiro atoms. The van der Waals surface area contributed by atoms with Crippen molar-refractivity contribution < 1.29 is 4.74 Å². The molecule has 3 nitrogen and oxygen atoms in total. The number of nitrogens with two attached hydrogens (primary N) is 1. The zero-order valence-electron chi connectivity index (χ0n) is 7.98. The second-order valence-electron chi connectivity index (χ2n) is 4.80. The van der Waals surface area contributed by atoms with Gasteiger partial charge in [-0.2, -0.15) is 0 Å². The van der Waals surface area contributed by atoms with Crippen molar-refractivity contribution in [1.29, 1.82) is 0 Å². The van der Waals surface area contributed by atoms with E-state index in [0.717, 1.165) is 31.5 Å². The quantitative estimate of drug-likeness (QED) is 0.623. The first kappa shape index (κ1) is 8.21. The summed E-state index contributed by atoms with van der Waals surface area (Å²) < 4.78 is 5.36. The number of nitrogens with zero attached hydrogens (tertiary/aromatic N) is 1. The average Bonchev–Trinajstić information content (AvgIpc) is 2.75. The molecule has 2 heterocycles. The Morgan fingerprint density at radius 1 is 1.23 bits per heavy atom. The van der Waals surface area contributed by atoms with Gasteiger partial charge in [-0.25, -0.2) is 0 Å². The Hall–Kier alpha value is -0.120. The SMILES string of the molecule is N[C@@H]1COCCC1N1C[C@H]2C[C@H]2C1. The van der Waals surface area contributed by atoms with Crippen LogP contribution in [0.15, 0.2) is 0 Å². The van der Waals surface area contributed by atoms with Crippen LogP contribution in [0.3, 0.4) is 0 Å². The molecule has 74 valence electrons. The van der Waals surface area contributed by atoms with E-state index in [0.29, 0.717) is 6.04 Å². The predicted octanol–water partition coefficient (Wildman–Crippen LogP) is 0.0543. The summed E-state index contributed by atoms with van der Waals surface area (Å²) in [4.78, 5) is 2.60. The third-order valence-electron chi connectivity index (χ3n) is 3.84. The summed E-state index contributed by atoms with van der Waals surface area (Å²) in [6.07, 6.45) is 2.62. The molecule has 0 aromatic rings. The molecule has 0 amide bonds. The van der Waals surface area contributed by atoms with Crippen molar-refractivity contribution in [3.8, 4) is 0 Å². The van der Waals surface area contributed by atoms with E-state index in [1.807, 2.05) is 0 Å². The number of rotatable bonds is 1. The molecule has 1 aliphatic carbocycles. The maximum atomic E-state index is 6.05. The van der Waals surface area contributed by atoms with Gasteiger partial charge in [-0.3, -0.25) is 4.90 Å². The number of hydrogen-bond acceptors (Lipinski definition) is 3. The van der Waals surface area contributed by atoms with Gasteiger partial charge in [-0.05, 0) is 24.7 Å². The minimum Gasteiger partial charge on any atom is -0.380 e. The number of piperidine rings is 1. The molecule has 3 aliphatic rings. The Morgan fingerprint density at radius 3 is 2.69 bits per heavy atom. The summed E-state index contributed by atoms with van der Waals surface area (Å²) in [5.74, 6) is 2.05. The summed E-state index contributed by atoms with van der Waals surface area (Å²) in [5.41, 5.74) is 6.05. The molecule has 4 atom stereocenters. The van der Waals surface area contributed by atoms with E-state index in [9.17, 15) is 0 Å². The van der Waals surface area contributed by atoms with Gasteiger partial charge in [-0.1, -0.05) is 0 Å². The van der Waals surface area contributed by atoms with Gasteiger partial charge in [0.15, 0.2) is 0 Å². The highest BCUT2D eigenvalue weighted by molar-refractivity contribution is 5.00. The molecule has 2 aliphatic heterocycles. The van der Waals surface area contributed by atoms with E-state index in [-0.39, 0.29) is 6.04 Å². The monoisotopic (exact) mass is 182 g/mol. The van der Waals surface area contributed by atoms with Gasteiger partial charge in [0.1, 0.15) is 0 Å². The van der Waals surface area contributed by atoms with Crippen molar-refractivity contribution in [3.05, 3.63) is 0 Å². The molecule has 0 radical (unpaired) electrons. The van der Waals surface area contributed by atoms with Crippen molar-refractivity contribution in [1.82, 2.24) is 4.90 Å². The van der Waals surface area contributed by atoms with Crippen LogP contribution in [-0.4, -0.2) is 43.3 Å². The predicted molar refractivity (Wildman–Crippen MR) is 50.4 cm³/mol. The van der Waals surface area contributed by atoms with Gasteiger partial charge in [0.2, 0.25) is 0 Å². The number of hydrogen-bond donors (Lipinski definition) is 1. The molecule has 2 saturated heterocycles. The first-order valence-electron chi connectivity index (χ1n) is 5.42. The van der Waals surface area contributed by atoms with E-state index in [2.05, 4.69) is 4.90 Å². The molecule has 0 aromatic heterocycles. The zero-order chi connectivity index (χ0) is 8.84.